The van der Waals surface area contributed by atoms with Gasteiger partial charge in [0.1, 0.15) is 12.4 Å². The van der Waals surface area contributed by atoms with E-state index in [4.69, 9.17) is 33.0 Å². The number of aliphatic hydroxyl groups excluding tert-OH is 1. The smallest absolute Gasteiger partial charge is 0.124 e. The zero-order chi connectivity index (χ0) is 20.5. The number of rotatable bonds is 11. The highest BCUT2D eigenvalue weighted by atomic mass is 35.5. The fourth-order valence-corrected chi connectivity index (χ4v) is 3.72. The average molecular weight is 433 g/mol. The van der Waals surface area contributed by atoms with Gasteiger partial charge in [-0.25, -0.2) is 0 Å². The summed E-state index contributed by atoms with van der Waals surface area (Å²) < 4.78 is 6.15. The predicted molar refractivity (Wildman–Crippen MR) is 121 cm³/mol. The van der Waals surface area contributed by atoms with Gasteiger partial charge in [-0.1, -0.05) is 59.6 Å². The van der Waals surface area contributed by atoms with E-state index in [9.17, 15) is 0 Å². The predicted octanol–water partition coefficient (Wildman–Crippen LogP) is 4.79. The number of ether oxygens (including phenoxy) is 1. The normalized spacial score (nSPS) is 11.1. The van der Waals surface area contributed by atoms with Gasteiger partial charge >= 0.3 is 0 Å². The number of hydrogen-bond donors (Lipinski definition) is 3. The van der Waals surface area contributed by atoms with Crippen molar-refractivity contribution in [1.82, 2.24) is 10.6 Å². The number of fused-ring (bicyclic) bond motifs is 1. The second-order valence-corrected chi connectivity index (χ2v) is 7.57. The quantitative estimate of drug-likeness (QED) is 0.381. The summed E-state index contributed by atoms with van der Waals surface area (Å²) in [7, 11) is 0. The third kappa shape index (κ3) is 6.08. The second-order valence-electron chi connectivity index (χ2n) is 6.76. The zero-order valence-electron chi connectivity index (χ0n) is 16.3. The molecular weight excluding hydrogens is 407 g/mol. The lowest BCUT2D eigenvalue weighted by molar-refractivity contribution is 0.292. The Labute approximate surface area is 181 Å². The molecule has 3 rings (SSSR count). The van der Waals surface area contributed by atoms with Crippen LogP contribution < -0.4 is 15.4 Å². The van der Waals surface area contributed by atoms with Gasteiger partial charge in [0, 0.05) is 34.3 Å². The monoisotopic (exact) mass is 432 g/mol. The van der Waals surface area contributed by atoms with Gasteiger partial charge in [-0.05, 0) is 48.5 Å². The van der Waals surface area contributed by atoms with Crippen molar-refractivity contribution in [3.05, 3.63) is 75.8 Å². The largest absolute Gasteiger partial charge is 0.488 e. The summed E-state index contributed by atoms with van der Waals surface area (Å²) in [6.45, 7) is 3.56. The molecule has 4 nitrogen and oxygen atoms in total. The molecule has 0 aliphatic heterocycles. The van der Waals surface area contributed by atoms with Crippen molar-refractivity contribution >= 4 is 34.0 Å². The molecule has 0 spiro atoms. The topological polar surface area (TPSA) is 53.5 Å². The van der Waals surface area contributed by atoms with Crippen LogP contribution in [0, 0.1) is 0 Å². The molecule has 0 atom stereocenters. The van der Waals surface area contributed by atoms with Crippen molar-refractivity contribution in [3.63, 3.8) is 0 Å². The number of aliphatic hydroxyl groups is 1. The molecular formula is C23H26Cl2N2O2. The zero-order valence-corrected chi connectivity index (χ0v) is 17.8. The van der Waals surface area contributed by atoms with Crippen LogP contribution in [-0.2, 0) is 13.2 Å². The minimum absolute atomic E-state index is 0.166. The summed E-state index contributed by atoms with van der Waals surface area (Å²) >= 11 is 12.6. The SMILES string of the molecule is OCCNCCCNCc1c(OCc2c(Cl)cccc2Cl)ccc2ccccc12. The van der Waals surface area contributed by atoms with Gasteiger partial charge in [0.05, 0.1) is 6.61 Å². The first-order chi connectivity index (χ1) is 14.2. The van der Waals surface area contributed by atoms with Gasteiger partial charge in [0.25, 0.3) is 0 Å². The highest BCUT2D eigenvalue weighted by molar-refractivity contribution is 6.35. The minimum Gasteiger partial charge on any atom is -0.488 e. The summed E-state index contributed by atoms with van der Waals surface area (Å²) in [5.74, 6) is 0.825. The Balaban J connectivity index is 1.72. The van der Waals surface area contributed by atoms with Gasteiger partial charge < -0.3 is 20.5 Å². The minimum atomic E-state index is 0.166. The van der Waals surface area contributed by atoms with Crippen molar-refractivity contribution in [2.45, 2.75) is 19.6 Å². The second kappa shape index (κ2) is 11.4. The Bertz CT molecular complexity index is 914. The molecule has 29 heavy (non-hydrogen) atoms. The molecule has 0 aliphatic carbocycles. The molecule has 0 heterocycles. The molecule has 0 fully saturated rings. The standard InChI is InChI=1S/C23H26Cl2N2O2/c24-21-7-3-8-22(25)20(21)16-29-23-10-9-17-5-1-2-6-18(17)19(23)15-27-12-4-11-26-13-14-28/h1-3,5-10,26-28H,4,11-16H2. The number of nitrogens with one attached hydrogen (secondary N) is 2. The molecule has 0 aliphatic rings. The van der Waals surface area contributed by atoms with E-state index in [0.717, 1.165) is 36.4 Å². The van der Waals surface area contributed by atoms with Crippen LogP contribution in [-0.4, -0.2) is 31.3 Å². The van der Waals surface area contributed by atoms with Crippen molar-refractivity contribution in [1.29, 1.82) is 0 Å². The summed E-state index contributed by atoms with van der Waals surface area (Å²) in [6.07, 6.45) is 0.982. The molecule has 0 radical (unpaired) electrons. The van der Waals surface area contributed by atoms with Crippen LogP contribution in [0.1, 0.15) is 17.5 Å². The lowest BCUT2D eigenvalue weighted by Crippen LogP contribution is -2.24. The molecule has 3 aromatic carbocycles. The van der Waals surface area contributed by atoms with E-state index in [1.165, 1.54) is 10.8 Å². The molecule has 3 aromatic rings. The van der Waals surface area contributed by atoms with E-state index < -0.39 is 0 Å². The van der Waals surface area contributed by atoms with Crippen LogP contribution in [0.2, 0.25) is 10.0 Å². The Morgan fingerprint density at radius 2 is 1.55 bits per heavy atom. The lowest BCUT2D eigenvalue weighted by Gasteiger charge is -2.16. The third-order valence-corrected chi connectivity index (χ3v) is 5.44. The fraction of sp³-hybridized carbons (Fsp3) is 0.304. The van der Waals surface area contributed by atoms with Crippen LogP contribution in [0.25, 0.3) is 10.8 Å². The molecule has 0 saturated heterocycles. The Kier molecular flexibility index (Phi) is 8.59. The van der Waals surface area contributed by atoms with E-state index in [0.29, 0.717) is 29.7 Å². The highest BCUT2D eigenvalue weighted by Crippen LogP contribution is 2.31. The summed E-state index contributed by atoms with van der Waals surface area (Å²) in [4.78, 5) is 0. The highest BCUT2D eigenvalue weighted by Gasteiger charge is 2.11. The van der Waals surface area contributed by atoms with Crippen LogP contribution >= 0.6 is 23.2 Å². The molecule has 154 valence electrons. The van der Waals surface area contributed by atoms with Crippen molar-refractivity contribution in [3.8, 4) is 5.75 Å². The average Bonchev–Trinajstić information content (AvgIpc) is 2.73. The Morgan fingerprint density at radius 1 is 0.793 bits per heavy atom. The maximum Gasteiger partial charge on any atom is 0.124 e. The van der Waals surface area contributed by atoms with Crippen molar-refractivity contribution in [2.24, 2.45) is 0 Å². The van der Waals surface area contributed by atoms with Crippen LogP contribution in [0.5, 0.6) is 5.75 Å². The third-order valence-electron chi connectivity index (χ3n) is 4.73. The maximum absolute atomic E-state index is 8.81. The molecule has 6 heteroatoms. The molecule has 0 amide bonds. The number of hydrogen-bond acceptors (Lipinski definition) is 4. The molecule has 0 unspecified atom stereocenters. The van der Waals surface area contributed by atoms with Gasteiger partial charge in [-0.2, -0.15) is 0 Å². The van der Waals surface area contributed by atoms with Gasteiger partial charge in [0.2, 0.25) is 0 Å². The van der Waals surface area contributed by atoms with Crippen LogP contribution in [0.15, 0.2) is 54.6 Å². The van der Waals surface area contributed by atoms with E-state index in [2.05, 4.69) is 28.8 Å². The first-order valence-electron chi connectivity index (χ1n) is 9.79. The lowest BCUT2D eigenvalue weighted by atomic mass is 10.0. The number of benzene rings is 3. The fourth-order valence-electron chi connectivity index (χ4n) is 3.21. The molecule has 3 N–H and O–H groups in total. The first kappa shape index (κ1) is 21.9. The summed E-state index contributed by atoms with van der Waals surface area (Å²) in [5, 5.41) is 19.0. The van der Waals surface area contributed by atoms with Crippen molar-refractivity contribution in [2.75, 3.05) is 26.2 Å². The maximum atomic E-state index is 8.81. The van der Waals surface area contributed by atoms with E-state index in [-0.39, 0.29) is 6.61 Å². The number of halogens is 2. The summed E-state index contributed by atoms with van der Waals surface area (Å²) in [6, 6.07) is 17.8. The first-order valence-corrected chi connectivity index (χ1v) is 10.5. The van der Waals surface area contributed by atoms with Gasteiger partial charge in [0.15, 0.2) is 0 Å². The van der Waals surface area contributed by atoms with E-state index >= 15 is 0 Å². The van der Waals surface area contributed by atoms with E-state index in [1.54, 1.807) is 0 Å². The van der Waals surface area contributed by atoms with Crippen molar-refractivity contribution < 1.29 is 9.84 Å². The molecule has 0 bridgehead atoms. The Morgan fingerprint density at radius 3 is 2.34 bits per heavy atom. The van der Waals surface area contributed by atoms with Crippen LogP contribution in [0.4, 0.5) is 0 Å². The van der Waals surface area contributed by atoms with Crippen LogP contribution in [0.3, 0.4) is 0 Å². The van der Waals surface area contributed by atoms with Gasteiger partial charge in [-0.15, -0.1) is 0 Å². The molecule has 0 saturated carbocycles. The van der Waals surface area contributed by atoms with E-state index in [1.807, 2.05) is 36.4 Å². The van der Waals surface area contributed by atoms with Gasteiger partial charge in [-0.3, -0.25) is 0 Å². The Hall–Kier alpha value is -1.82. The molecule has 0 aromatic heterocycles. The summed E-state index contributed by atoms with van der Waals surface area (Å²) in [5.41, 5.74) is 1.91.